The van der Waals surface area contributed by atoms with E-state index in [0.717, 1.165) is 24.2 Å². The standard InChI is InChI=1S/C47H46OSi/c1-7-27-48-46-42(37-13-11-10-12-14-37)28-32(4)29-45(46)49(5,6)47-43-30-38(35-19-15-33(8-2)16-20-35)23-25-40(43)41-26-24-39(31-44(41)47)36-21-17-34(9-3)18-22-36/h7,10-26,28-31,47H,1,8-9,27H2,2-6H3. The van der Waals surface area contributed by atoms with Gasteiger partial charge in [0.1, 0.15) is 12.4 Å². The molecule has 0 N–H and O–H groups in total. The van der Waals surface area contributed by atoms with Crippen molar-refractivity contribution in [3.05, 3.63) is 168 Å². The third-order valence-electron chi connectivity index (χ3n) is 10.5. The molecule has 0 amide bonds. The molecule has 0 saturated carbocycles. The number of ether oxygens (including phenoxy) is 1. The van der Waals surface area contributed by atoms with Crippen LogP contribution in [0.15, 0.2) is 140 Å². The lowest BCUT2D eigenvalue weighted by Gasteiger charge is -2.34. The monoisotopic (exact) mass is 654 g/mol. The van der Waals surface area contributed by atoms with E-state index in [1.807, 2.05) is 6.08 Å². The zero-order valence-corrected chi connectivity index (χ0v) is 30.5. The summed E-state index contributed by atoms with van der Waals surface area (Å²) in [6.45, 7) is 16.2. The molecule has 244 valence electrons. The van der Waals surface area contributed by atoms with E-state index < -0.39 is 8.07 Å². The number of fused-ring (bicyclic) bond motifs is 3. The molecule has 0 heterocycles. The highest BCUT2D eigenvalue weighted by Crippen LogP contribution is 2.51. The van der Waals surface area contributed by atoms with Crippen molar-refractivity contribution in [2.75, 3.05) is 6.61 Å². The first-order valence-corrected chi connectivity index (χ1v) is 20.8. The van der Waals surface area contributed by atoms with Gasteiger partial charge in [-0.1, -0.05) is 166 Å². The third kappa shape index (κ3) is 6.11. The summed E-state index contributed by atoms with van der Waals surface area (Å²) >= 11 is 0. The van der Waals surface area contributed by atoms with Crippen LogP contribution < -0.4 is 9.92 Å². The predicted octanol–water partition coefficient (Wildman–Crippen LogP) is 12.0. The van der Waals surface area contributed by atoms with Crippen molar-refractivity contribution in [3.63, 3.8) is 0 Å². The van der Waals surface area contributed by atoms with Gasteiger partial charge in [0.15, 0.2) is 0 Å². The molecule has 0 bridgehead atoms. The second-order valence-electron chi connectivity index (χ2n) is 14.0. The number of aryl methyl sites for hydroxylation is 3. The Balaban J connectivity index is 1.45. The van der Waals surface area contributed by atoms with E-state index in [9.17, 15) is 0 Å². The Morgan fingerprint density at radius 2 is 1.10 bits per heavy atom. The summed E-state index contributed by atoms with van der Waals surface area (Å²) in [7, 11) is -2.38. The fraction of sp³-hybridized carbons (Fsp3) is 0.191. The lowest BCUT2D eigenvalue weighted by atomic mass is 9.97. The second-order valence-corrected chi connectivity index (χ2v) is 18.6. The molecule has 0 atom stereocenters. The molecule has 1 aliphatic carbocycles. The lowest BCUT2D eigenvalue weighted by Crippen LogP contribution is -2.48. The molecule has 0 fully saturated rings. The maximum Gasteiger partial charge on any atom is 0.126 e. The zero-order valence-electron chi connectivity index (χ0n) is 29.5. The summed E-state index contributed by atoms with van der Waals surface area (Å²) in [5.74, 6) is 1.00. The van der Waals surface area contributed by atoms with Gasteiger partial charge in [-0.3, -0.25) is 0 Å². The third-order valence-corrected chi connectivity index (χ3v) is 14.3. The number of hydrogen-bond acceptors (Lipinski definition) is 1. The van der Waals surface area contributed by atoms with E-state index in [4.69, 9.17) is 4.74 Å². The van der Waals surface area contributed by atoms with Gasteiger partial charge in [0, 0.05) is 11.1 Å². The van der Waals surface area contributed by atoms with Gasteiger partial charge in [0.05, 0.1) is 8.07 Å². The lowest BCUT2D eigenvalue weighted by molar-refractivity contribution is 0.367. The van der Waals surface area contributed by atoms with E-state index in [2.05, 4.69) is 168 Å². The highest BCUT2D eigenvalue weighted by Gasteiger charge is 2.44. The van der Waals surface area contributed by atoms with Gasteiger partial charge in [-0.2, -0.15) is 0 Å². The summed E-state index contributed by atoms with van der Waals surface area (Å²) in [6.07, 6.45) is 3.95. The molecule has 0 aliphatic heterocycles. The molecule has 2 heteroatoms. The fourth-order valence-corrected chi connectivity index (χ4v) is 11.5. The Bertz CT molecular complexity index is 2020. The molecule has 0 saturated heterocycles. The van der Waals surface area contributed by atoms with Crippen LogP contribution in [0.3, 0.4) is 0 Å². The molecule has 0 aromatic heterocycles. The van der Waals surface area contributed by atoms with Crippen molar-refractivity contribution in [2.24, 2.45) is 0 Å². The van der Waals surface area contributed by atoms with Crippen molar-refractivity contribution < 1.29 is 4.74 Å². The summed E-state index contributed by atoms with van der Waals surface area (Å²) in [6, 6.07) is 48.0. The van der Waals surface area contributed by atoms with E-state index in [1.54, 1.807) is 0 Å². The molecule has 1 nitrogen and oxygen atoms in total. The van der Waals surface area contributed by atoms with E-state index >= 15 is 0 Å². The quantitative estimate of drug-likeness (QED) is 0.105. The van der Waals surface area contributed by atoms with Crippen LogP contribution in [0.2, 0.25) is 13.1 Å². The van der Waals surface area contributed by atoms with E-state index in [1.165, 1.54) is 71.9 Å². The molecule has 7 rings (SSSR count). The minimum Gasteiger partial charge on any atom is -0.489 e. The van der Waals surface area contributed by atoms with Gasteiger partial charge in [-0.05, 0) is 92.2 Å². The van der Waals surface area contributed by atoms with Crippen LogP contribution in [0.1, 0.15) is 47.2 Å². The average molecular weight is 655 g/mol. The topological polar surface area (TPSA) is 9.23 Å². The molecule has 6 aromatic rings. The van der Waals surface area contributed by atoms with Crippen molar-refractivity contribution in [1.29, 1.82) is 0 Å². The van der Waals surface area contributed by atoms with Gasteiger partial charge in [-0.25, -0.2) is 0 Å². The van der Waals surface area contributed by atoms with Crippen LogP contribution in [0, 0.1) is 6.92 Å². The first-order valence-electron chi connectivity index (χ1n) is 17.7. The number of benzene rings is 6. The normalized spacial score (nSPS) is 12.4. The first-order chi connectivity index (χ1) is 23.8. The Kier molecular flexibility index (Phi) is 9.01. The number of rotatable bonds is 10. The number of hydrogen-bond donors (Lipinski definition) is 0. The largest absolute Gasteiger partial charge is 0.489 e. The molecule has 0 unspecified atom stereocenters. The second kappa shape index (κ2) is 13.5. The van der Waals surface area contributed by atoms with Crippen LogP contribution in [0.4, 0.5) is 0 Å². The van der Waals surface area contributed by atoms with Gasteiger partial charge >= 0.3 is 0 Å². The summed E-state index contributed by atoms with van der Waals surface area (Å²) in [4.78, 5) is 0. The molecule has 49 heavy (non-hydrogen) atoms. The molecular weight excluding hydrogens is 609 g/mol. The van der Waals surface area contributed by atoms with Crippen molar-refractivity contribution in [2.45, 2.75) is 52.2 Å². The molecule has 1 aliphatic rings. The average Bonchev–Trinajstić information content (AvgIpc) is 3.48. The highest BCUT2D eigenvalue weighted by molar-refractivity contribution is 6.92. The zero-order chi connectivity index (χ0) is 34.1. The van der Waals surface area contributed by atoms with Crippen molar-refractivity contribution in [3.8, 4) is 50.3 Å². The van der Waals surface area contributed by atoms with Crippen LogP contribution in [-0.2, 0) is 12.8 Å². The molecule has 0 spiro atoms. The van der Waals surface area contributed by atoms with Crippen molar-refractivity contribution in [1.82, 2.24) is 0 Å². The minimum atomic E-state index is -2.38. The van der Waals surface area contributed by atoms with Crippen molar-refractivity contribution >= 4 is 13.3 Å². The minimum absolute atomic E-state index is 0.235. The Morgan fingerprint density at radius 3 is 1.59 bits per heavy atom. The SMILES string of the molecule is C=CCOc1c(-c2ccccc2)cc(C)cc1[Si](C)(C)C1c2cc(-c3ccc(CC)cc3)ccc2-c2ccc(-c3ccc(CC)cc3)cc21. The Hall–Kier alpha value is -4.92. The van der Waals surface area contributed by atoms with Gasteiger partial charge in [-0.15, -0.1) is 0 Å². The van der Waals surface area contributed by atoms with Gasteiger partial charge < -0.3 is 4.74 Å². The van der Waals surface area contributed by atoms with Crippen LogP contribution in [-0.4, -0.2) is 14.7 Å². The van der Waals surface area contributed by atoms with Crippen LogP contribution in [0.5, 0.6) is 5.75 Å². The maximum absolute atomic E-state index is 6.70. The van der Waals surface area contributed by atoms with Gasteiger partial charge in [0.25, 0.3) is 0 Å². The summed E-state index contributed by atoms with van der Waals surface area (Å²) in [5.41, 5.74) is 17.2. The molecule has 0 radical (unpaired) electrons. The Labute approximate surface area is 294 Å². The van der Waals surface area contributed by atoms with Crippen LogP contribution >= 0.6 is 0 Å². The predicted molar refractivity (Wildman–Crippen MR) is 213 cm³/mol. The maximum atomic E-state index is 6.70. The fourth-order valence-electron chi connectivity index (χ4n) is 7.80. The smallest absolute Gasteiger partial charge is 0.126 e. The molecule has 6 aromatic carbocycles. The van der Waals surface area contributed by atoms with Gasteiger partial charge in [0.2, 0.25) is 0 Å². The van der Waals surface area contributed by atoms with Crippen LogP contribution in [0.25, 0.3) is 44.5 Å². The van der Waals surface area contributed by atoms with E-state index in [-0.39, 0.29) is 5.54 Å². The highest BCUT2D eigenvalue weighted by atomic mass is 28.3. The summed E-state index contributed by atoms with van der Waals surface area (Å²) < 4.78 is 6.70. The Morgan fingerprint density at radius 1 is 0.592 bits per heavy atom. The molecular formula is C47H46OSi. The first kappa shape index (κ1) is 32.6. The summed E-state index contributed by atoms with van der Waals surface area (Å²) in [5, 5.41) is 1.35. The van der Waals surface area contributed by atoms with E-state index in [0.29, 0.717) is 6.61 Å².